The van der Waals surface area contributed by atoms with E-state index < -0.39 is 15.9 Å². The van der Waals surface area contributed by atoms with Gasteiger partial charge in [0.25, 0.3) is 21.8 Å². The van der Waals surface area contributed by atoms with Crippen molar-refractivity contribution >= 4 is 27.3 Å². The number of aromatic nitrogens is 4. The quantitative estimate of drug-likeness (QED) is 0.157. The SMILES string of the molecule is CC(C)CCN(C)c1ccc(-c2noc(-c3cccc(C(=O)NS(=O)(=O)c4cn(C)cn4)c3)n2)cc1N(C)Cc1ccc(OCCO)cc1. The Morgan fingerprint density at radius 1 is 1.02 bits per heavy atom. The van der Waals surface area contributed by atoms with E-state index in [0.717, 1.165) is 35.5 Å². The molecule has 0 aliphatic heterocycles. The average molecular weight is 688 g/mol. The molecular formula is C35H41N7O6S. The Kier molecular flexibility index (Phi) is 11.0. The number of aliphatic hydroxyl groups is 1. The van der Waals surface area contributed by atoms with Crippen LogP contribution in [0.3, 0.4) is 0 Å². The second-order valence-corrected chi connectivity index (χ2v) is 13.8. The number of hydrogen-bond donors (Lipinski definition) is 2. The normalized spacial score (nSPS) is 11.5. The Labute approximate surface area is 286 Å². The lowest BCUT2D eigenvalue weighted by Gasteiger charge is -2.29. The van der Waals surface area contributed by atoms with Crippen LogP contribution < -0.4 is 19.3 Å². The summed E-state index contributed by atoms with van der Waals surface area (Å²) in [6.45, 7) is 6.12. The van der Waals surface area contributed by atoms with Gasteiger partial charge in [0.15, 0.2) is 5.03 Å². The van der Waals surface area contributed by atoms with Gasteiger partial charge in [0.05, 0.1) is 24.3 Å². The van der Waals surface area contributed by atoms with Crippen LogP contribution in [0.25, 0.3) is 22.8 Å². The van der Waals surface area contributed by atoms with E-state index in [2.05, 4.69) is 56.6 Å². The zero-order valence-corrected chi connectivity index (χ0v) is 29.0. The lowest BCUT2D eigenvalue weighted by atomic mass is 10.1. The van der Waals surface area contributed by atoms with E-state index >= 15 is 0 Å². The molecule has 1 amide bonds. The molecule has 0 fully saturated rings. The van der Waals surface area contributed by atoms with E-state index in [-0.39, 0.29) is 29.7 Å². The minimum Gasteiger partial charge on any atom is -0.491 e. The third kappa shape index (κ3) is 8.83. The van der Waals surface area contributed by atoms with Crippen LogP contribution in [-0.4, -0.2) is 73.0 Å². The van der Waals surface area contributed by atoms with Crippen LogP contribution in [0, 0.1) is 5.92 Å². The molecule has 0 saturated carbocycles. The van der Waals surface area contributed by atoms with E-state index in [1.165, 1.54) is 29.2 Å². The molecule has 2 heterocycles. The van der Waals surface area contributed by atoms with Crippen molar-refractivity contribution in [3.63, 3.8) is 0 Å². The lowest BCUT2D eigenvalue weighted by molar-refractivity contribution is 0.0981. The zero-order valence-electron chi connectivity index (χ0n) is 28.2. The highest BCUT2D eigenvalue weighted by atomic mass is 32.2. The highest BCUT2D eigenvalue weighted by Gasteiger charge is 2.22. The number of nitrogens with zero attached hydrogens (tertiary/aromatic N) is 6. The van der Waals surface area contributed by atoms with Gasteiger partial charge in [-0.25, -0.2) is 9.71 Å². The van der Waals surface area contributed by atoms with Gasteiger partial charge in [-0.05, 0) is 66.4 Å². The van der Waals surface area contributed by atoms with Gasteiger partial charge in [-0.15, -0.1) is 0 Å². The summed E-state index contributed by atoms with van der Waals surface area (Å²) in [4.78, 5) is 25.7. The molecule has 5 aromatic rings. The van der Waals surface area contributed by atoms with Crippen LogP contribution in [0.5, 0.6) is 5.75 Å². The van der Waals surface area contributed by atoms with Gasteiger partial charge < -0.3 is 28.7 Å². The molecule has 14 heteroatoms. The first kappa shape index (κ1) is 35.1. The van der Waals surface area contributed by atoms with Gasteiger partial charge in [0.2, 0.25) is 5.82 Å². The number of nitrogens with one attached hydrogen (secondary N) is 1. The van der Waals surface area contributed by atoms with Gasteiger partial charge in [0.1, 0.15) is 12.4 Å². The summed E-state index contributed by atoms with van der Waals surface area (Å²) in [7, 11) is 1.59. The minimum absolute atomic E-state index is 0.0426. The Bertz CT molecular complexity index is 1990. The minimum atomic E-state index is -4.16. The maximum Gasteiger partial charge on any atom is 0.283 e. The van der Waals surface area contributed by atoms with E-state index in [4.69, 9.17) is 14.4 Å². The van der Waals surface area contributed by atoms with Crippen LogP contribution in [0.2, 0.25) is 0 Å². The van der Waals surface area contributed by atoms with Gasteiger partial charge >= 0.3 is 0 Å². The first-order valence-corrected chi connectivity index (χ1v) is 17.3. The van der Waals surface area contributed by atoms with E-state index in [1.807, 2.05) is 43.4 Å². The third-order valence-corrected chi connectivity index (χ3v) is 9.00. The molecule has 13 nitrogen and oxygen atoms in total. The molecule has 3 aromatic carbocycles. The number of imidazole rings is 1. The maximum absolute atomic E-state index is 12.9. The van der Waals surface area contributed by atoms with Crippen molar-refractivity contribution in [2.75, 3.05) is 43.7 Å². The van der Waals surface area contributed by atoms with Crippen molar-refractivity contribution in [1.82, 2.24) is 24.4 Å². The number of anilines is 2. The predicted molar refractivity (Wildman–Crippen MR) is 187 cm³/mol. The predicted octanol–water partition coefficient (Wildman–Crippen LogP) is 4.75. The van der Waals surface area contributed by atoms with Gasteiger partial charge in [-0.3, -0.25) is 4.79 Å². The first-order valence-electron chi connectivity index (χ1n) is 15.8. The molecule has 0 aliphatic carbocycles. The molecule has 5 rings (SSSR count). The van der Waals surface area contributed by atoms with E-state index in [9.17, 15) is 13.2 Å². The lowest BCUT2D eigenvalue weighted by Crippen LogP contribution is -2.30. The number of carbonyl (C=O) groups excluding carboxylic acids is 1. The molecule has 0 saturated heterocycles. The summed E-state index contributed by atoms with van der Waals surface area (Å²) in [6.07, 6.45) is 3.68. The number of carbonyl (C=O) groups is 1. The molecule has 0 unspecified atom stereocenters. The fourth-order valence-electron chi connectivity index (χ4n) is 5.09. The number of aryl methyl sites for hydroxylation is 1. The van der Waals surface area contributed by atoms with Crippen molar-refractivity contribution in [2.45, 2.75) is 31.8 Å². The third-order valence-electron chi connectivity index (χ3n) is 7.78. The number of rotatable bonds is 15. The first-order chi connectivity index (χ1) is 23.4. The zero-order chi connectivity index (χ0) is 35.1. The largest absolute Gasteiger partial charge is 0.491 e. The Morgan fingerprint density at radius 3 is 2.49 bits per heavy atom. The Morgan fingerprint density at radius 2 is 1.80 bits per heavy atom. The fourth-order valence-corrected chi connectivity index (χ4v) is 6.05. The highest BCUT2D eigenvalue weighted by Crippen LogP contribution is 2.34. The maximum atomic E-state index is 12.9. The molecule has 0 radical (unpaired) electrons. The molecule has 0 atom stereocenters. The molecule has 258 valence electrons. The number of hydrogen-bond acceptors (Lipinski definition) is 11. The second kappa shape index (κ2) is 15.3. The fraction of sp³-hybridized carbons (Fsp3) is 0.314. The number of benzene rings is 3. The molecule has 49 heavy (non-hydrogen) atoms. The number of sulfonamides is 1. The van der Waals surface area contributed by atoms with Gasteiger partial charge in [0, 0.05) is 57.1 Å². The monoisotopic (exact) mass is 687 g/mol. The van der Waals surface area contributed by atoms with E-state index in [0.29, 0.717) is 29.6 Å². The smallest absolute Gasteiger partial charge is 0.283 e. The second-order valence-electron chi connectivity index (χ2n) is 12.2. The van der Waals surface area contributed by atoms with Crippen molar-refractivity contribution in [3.05, 3.63) is 90.4 Å². The van der Waals surface area contributed by atoms with Crippen LogP contribution in [0.15, 0.2) is 88.8 Å². The van der Waals surface area contributed by atoms with Crippen molar-refractivity contribution < 1.29 is 27.6 Å². The van der Waals surface area contributed by atoms with Crippen molar-refractivity contribution in [2.24, 2.45) is 13.0 Å². The van der Waals surface area contributed by atoms with Crippen LogP contribution in [0.4, 0.5) is 11.4 Å². The topological polar surface area (TPSA) is 156 Å². The summed E-state index contributed by atoms with van der Waals surface area (Å²) in [5.41, 5.74) is 4.40. The van der Waals surface area contributed by atoms with Crippen LogP contribution >= 0.6 is 0 Å². The Balaban J connectivity index is 1.39. The number of amides is 1. The van der Waals surface area contributed by atoms with Gasteiger partial charge in [-0.2, -0.15) is 13.4 Å². The van der Waals surface area contributed by atoms with Crippen LogP contribution in [0.1, 0.15) is 36.2 Å². The van der Waals surface area contributed by atoms with Gasteiger partial charge in [-0.1, -0.05) is 37.2 Å². The molecule has 2 aromatic heterocycles. The standard InChI is InChI=1S/C35H41N7O6S/c1-24(2)15-16-41(4)30-14-11-26(20-31(30)42(5)21-25-9-12-29(13-10-25)47-18-17-43)33-37-35(48-38-33)28-8-6-7-27(19-28)34(44)39-49(45,46)32-22-40(3)23-36-32/h6-14,19-20,22-24,43H,15-18,21H2,1-5H3,(H,39,44). The highest BCUT2D eigenvalue weighted by molar-refractivity contribution is 7.90. The molecule has 0 spiro atoms. The summed E-state index contributed by atoms with van der Waals surface area (Å²) >= 11 is 0. The van der Waals surface area contributed by atoms with Crippen molar-refractivity contribution in [1.29, 1.82) is 0 Å². The summed E-state index contributed by atoms with van der Waals surface area (Å²) in [6, 6.07) is 20.1. The van der Waals surface area contributed by atoms with Crippen LogP contribution in [-0.2, 0) is 23.6 Å². The summed E-state index contributed by atoms with van der Waals surface area (Å²) in [5, 5.41) is 13.0. The molecule has 0 bridgehead atoms. The number of aliphatic hydroxyl groups excluding tert-OH is 1. The summed E-state index contributed by atoms with van der Waals surface area (Å²) in [5.74, 6) is 0.976. The molecule has 0 aliphatic rings. The van der Waals surface area contributed by atoms with E-state index in [1.54, 1.807) is 19.2 Å². The summed E-state index contributed by atoms with van der Waals surface area (Å²) < 4.78 is 39.9. The van der Waals surface area contributed by atoms with Crippen molar-refractivity contribution in [3.8, 4) is 28.6 Å². The number of ether oxygens (including phenoxy) is 1. The Hall–Kier alpha value is -5.21. The molecular weight excluding hydrogens is 646 g/mol. The average Bonchev–Trinajstić information content (AvgIpc) is 3.77. The molecule has 2 N–H and O–H groups in total.